The third-order valence-corrected chi connectivity index (χ3v) is 5.18. The van der Waals surface area contributed by atoms with Gasteiger partial charge in [0.2, 0.25) is 6.79 Å². The van der Waals surface area contributed by atoms with E-state index < -0.39 is 0 Å². The summed E-state index contributed by atoms with van der Waals surface area (Å²) in [6.45, 7) is 1.04. The van der Waals surface area contributed by atoms with Crippen molar-refractivity contribution in [3.8, 4) is 23.0 Å². The molecule has 142 valence electrons. The first-order valence-electron chi connectivity index (χ1n) is 9.11. The van der Waals surface area contributed by atoms with E-state index >= 15 is 0 Å². The van der Waals surface area contributed by atoms with Crippen molar-refractivity contribution in [2.75, 3.05) is 27.6 Å². The molecule has 0 aliphatic carbocycles. The lowest BCUT2D eigenvalue weighted by molar-refractivity contribution is 0.0736. The summed E-state index contributed by atoms with van der Waals surface area (Å²) in [5, 5.41) is 0. The molecule has 2 aliphatic rings. The standard InChI is InChI=1S/C21H23NO5/c1-24-17-8-6-15(12-19(17)25-2)21(23)22-9-3-4-16(22)10-14-5-7-18-20(11-14)27-13-26-18/h5-8,11-12,16H,3-4,9-10,13H2,1-2H3/t16-/m0/s1. The zero-order valence-electron chi connectivity index (χ0n) is 15.6. The molecule has 2 heterocycles. The van der Waals surface area contributed by atoms with Gasteiger partial charge in [0, 0.05) is 18.2 Å². The van der Waals surface area contributed by atoms with E-state index in [4.69, 9.17) is 18.9 Å². The van der Waals surface area contributed by atoms with Crippen LogP contribution in [0.4, 0.5) is 0 Å². The molecule has 0 bridgehead atoms. The molecule has 0 aromatic heterocycles. The van der Waals surface area contributed by atoms with E-state index in [9.17, 15) is 4.79 Å². The Balaban J connectivity index is 1.51. The van der Waals surface area contributed by atoms with E-state index in [-0.39, 0.29) is 18.7 Å². The molecule has 6 heteroatoms. The Bertz CT molecular complexity index is 850. The Morgan fingerprint density at radius 2 is 1.89 bits per heavy atom. The van der Waals surface area contributed by atoms with Crippen molar-refractivity contribution < 1.29 is 23.7 Å². The fourth-order valence-electron chi connectivity index (χ4n) is 3.79. The second-order valence-electron chi connectivity index (χ2n) is 6.76. The zero-order valence-corrected chi connectivity index (χ0v) is 15.6. The van der Waals surface area contributed by atoms with Gasteiger partial charge in [-0.25, -0.2) is 0 Å². The highest BCUT2D eigenvalue weighted by Crippen LogP contribution is 2.34. The monoisotopic (exact) mass is 369 g/mol. The highest BCUT2D eigenvalue weighted by molar-refractivity contribution is 5.95. The van der Waals surface area contributed by atoms with E-state index in [2.05, 4.69) is 0 Å². The molecule has 27 heavy (non-hydrogen) atoms. The largest absolute Gasteiger partial charge is 0.493 e. The maximum absolute atomic E-state index is 13.1. The van der Waals surface area contributed by atoms with Crippen LogP contribution in [0.15, 0.2) is 36.4 Å². The third kappa shape index (κ3) is 3.39. The lowest BCUT2D eigenvalue weighted by atomic mass is 10.0. The van der Waals surface area contributed by atoms with Crippen molar-refractivity contribution in [2.24, 2.45) is 0 Å². The van der Waals surface area contributed by atoms with Crippen LogP contribution < -0.4 is 18.9 Å². The number of ether oxygens (including phenoxy) is 4. The van der Waals surface area contributed by atoms with Gasteiger partial charge in [0.15, 0.2) is 23.0 Å². The van der Waals surface area contributed by atoms with Gasteiger partial charge in [0.1, 0.15) is 0 Å². The van der Waals surface area contributed by atoms with Crippen LogP contribution in [0.25, 0.3) is 0 Å². The number of rotatable bonds is 5. The summed E-state index contributed by atoms with van der Waals surface area (Å²) in [5.74, 6) is 2.77. The summed E-state index contributed by atoms with van der Waals surface area (Å²) >= 11 is 0. The molecule has 0 N–H and O–H groups in total. The molecule has 4 rings (SSSR count). The second kappa shape index (κ2) is 7.39. The van der Waals surface area contributed by atoms with Gasteiger partial charge in [-0.3, -0.25) is 4.79 Å². The number of hydrogen-bond acceptors (Lipinski definition) is 5. The van der Waals surface area contributed by atoms with Crippen LogP contribution in [-0.4, -0.2) is 44.4 Å². The number of methoxy groups -OCH3 is 2. The molecular formula is C21H23NO5. The molecule has 6 nitrogen and oxygen atoms in total. The molecule has 0 radical (unpaired) electrons. The van der Waals surface area contributed by atoms with E-state index in [1.54, 1.807) is 32.4 Å². The summed E-state index contributed by atoms with van der Waals surface area (Å²) in [4.78, 5) is 15.1. The van der Waals surface area contributed by atoms with Gasteiger partial charge in [-0.05, 0) is 55.2 Å². The summed E-state index contributed by atoms with van der Waals surface area (Å²) in [5.41, 5.74) is 1.77. The van der Waals surface area contributed by atoms with Crippen LogP contribution in [0, 0.1) is 0 Å². The van der Waals surface area contributed by atoms with Gasteiger partial charge in [-0.1, -0.05) is 6.07 Å². The van der Waals surface area contributed by atoms with Crippen molar-refractivity contribution in [2.45, 2.75) is 25.3 Å². The molecule has 0 unspecified atom stereocenters. The Hall–Kier alpha value is -2.89. The topological polar surface area (TPSA) is 57.2 Å². The van der Waals surface area contributed by atoms with E-state index in [0.29, 0.717) is 17.1 Å². The van der Waals surface area contributed by atoms with Gasteiger partial charge in [0.25, 0.3) is 5.91 Å². The second-order valence-corrected chi connectivity index (χ2v) is 6.76. The molecule has 1 fully saturated rings. The van der Waals surface area contributed by atoms with Crippen LogP contribution in [0.1, 0.15) is 28.8 Å². The van der Waals surface area contributed by atoms with Gasteiger partial charge in [-0.2, -0.15) is 0 Å². The number of hydrogen-bond donors (Lipinski definition) is 0. The Kier molecular flexibility index (Phi) is 4.79. The first kappa shape index (κ1) is 17.5. The smallest absolute Gasteiger partial charge is 0.254 e. The van der Waals surface area contributed by atoms with Crippen molar-refractivity contribution in [3.63, 3.8) is 0 Å². The first-order valence-corrected chi connectivity index (χ1v) is 9.11. The van der Waals surface area contributed by atoms with Crippen molar-refractivity contribution in [1.29, 1.82) is 0 Å². The Labute approximate surface area is 158 Å². The Morgan fingerprint density at radius 3 is 2.70 bits per heavy atom. The number of fused-ring (bicyclic) bond motifs is 1. The maximum atomic E-state index is 13.1. The lowest BCUT2D eigenvalue weighted by Gasteiger charge is -2.25. The lowest BCUT2D eigenvalue weighted by Crippen LogP contribution is -2.36. The predicted molar refractivity (Wildman–Crippen MR) is 99.9 cm³/mol. The molecule has 1 atom stereocenters. The van der Waals surface area contributed by atoms with Crippen LogP contribution in [0.3, 0.4) is 0 Å². The highest BCUT2D eigenvalue weighted by atomic mass is 16.7. The van der Waals surface area contributed by atoms with Crippen LogP contribution in [0.2, 0.25) is 0 Å². The molecular weight excluding hydrogens is 346 g/mol. The average molecular weight is 369 g/mol. The van der Waals surface area contributed by atoms with Crippen LogP contribution >= 0.6 is 0 Å². The number of benzene rings is 2. The minimum absolute atomic E-state index is 0.0270. The van der Waals surface area contributed by atoms with Gasteiger partial charge in [0.05, 0.1) is 14.2 Å². The predicted octanol–water partition coefficient (Wildman–Crippen LogP) is 3.28. The van der Waals surface area contributed by atoms with Gasteiger partial charge < -0.3 is 23.8 Å². The average Bonchev–Trinajstić information content (AvgIpc) is 3.35. The van der Waals surface area contributed by atoms with Crippen molar-refractivity contribution >= 4 is 5.91 Å². The molecule has 2 aromatic rings. The zero-order chi connectivity index (χ0) is 18.8. The van der Waals surface area contributed by atoms with Crippen molar-refractivity contribution in [1.82, 2.24) is 4.90 Å². The van der Waals surface area contributed by atoms with Crippen LogP contribution in [-0.2, 0) is 6.42 Å². The minimum Gasteiger partial charge on any atom is -0.493 e. The van der Waals surface area contributed by atoms with E-state index in [1.165, 1.54) is 0 Å². The van der Waals surface area contributed by atoms with Crippen LogP contribution in [0.5, 0.6) is 23.0 Å². The molecule has 2 aromatic carbocycles. The maximum Gasteiger partial charge on any atom is 0.254 e. The summed E-state index contributed by atoms with van der Waals surface area (Å²) in [7, 11) is 3.16. The number of nitrogens with zero attached hydrogens (tertiary/aromatic N) is 1. The number of likely N-dealkylation sites (tertiary alicyclic amines) is 1. The molecule has 2 aliphatic heterocycles. The molecule has 0 spiro atoms. The fourth-order valence-corrected chi connectivity index (χ4v) is 3.79. The fraction of sp³-hybridized carbons (Fsp3) is 0.381. The summed E-state index contributed by atoms with van der Waals surface area (Å²) < 4.78 is 21.4. The van der Waals surface area contributed by atoms with E-state index in [1.807, 2.05) is 23.1 Å². The first-order chi connectivity index (χ1) is 13.2. The Morgan fingerprint density at radius 1 is 1.07 bits per heavy atom. The van der Waals surface area contributed by atoms with Crippen molar-refractivity contribution in [3.05, 3.63) is 47.5 Å². The summed E-state index contributed by atoms with van der Waals surface area (Å²) in [6, 6.07) is 11.5. The minimum atomic E-state index is 0.0270. The molecule has 1 amide bonds. The number of carbonyl (C=O) groups is 1. The van der Waals surface area contributed by atoms with Gasteiger partial charge in [-0.15, -0.1) is 0 Å². The third-order valence-electron chi connectivity index (χ3n) is 5.18. The van der Waals surface area contributed by atoms with Gasteiger partial charge >= 0.3 is 0 Å². The normalized spacial score (nSPS) is 17.9. The quantitative estimate of drug-likeness (QED) is 0.810. The summed E-state index contributed by atoms with van der Waals surface area (Å²) in [6.07, 6.45) is 2.80. The molecule has 1 saturated heterocycles. The molecule has 0 saturated carbocycles. The number of carbonyl (C=O) groups excluding carboxylic acids is 1. The SMILES string of the molecule is COc1ccc(C(=O)N2CCC[C@H]2Cc2ccc3c(c2)OCO3)cc1OC. The highest BCUT2D eigenvalue weighted by Gasteiger charge is 2.30. The van der Waals surface area contributed by atoms with E-state index in [0.717, 1.165) is 42.9 Å². The number of amides is 1.